The number of amides is 1. The Morgan fingerprint density at radius 3 is 1.78 bits per heavy atom. The van der Waals surface area contributed by atoms with Gasteiger partial charge in [0.2, 0.25) is 0 Å². The van der Waals surface area contributed by atoms with Crippen LogP contribution >= 0.6 is 7.82 Å². The van der Waals surface area contributed by atoms with Crippen molar-refractivity contribution in [2.75, 3.05) is 19.8 Å². The molecule has 0 saturated carbocycles. The van der Waals surface area contributed by atoms with E-state index in [-0.39, 0.29) is 37.9 Å². The number of aliphatic carboxylic acids is 1. The van der Waals surface area contributed by atoms with Crippen LogP contribution in [-0.4, -0.2) is 59.2 Å². The van der Waals surface area contributed by atoms with E-state index < -0.39 is 42.1 Å². The average molecular weight is 684 g/mol. The molecule has 3 aromatic rings. The van der Waals surface area contributed by atoms with Crippen LogP contribution in [0.4, 0.5) is 4.79 Å². The summed E-state index contributed by atoms with van der Waals surface area (Å²) in [5.74, 6) is -1.04. The third kappa shape index (κ3) is 10.4. The molecule has 0 fully saturated rings. The predicted molar refractivity (Wildman–Crippen MR) is 186 cm³/mol. The summed E-state index contributed by atoms with van der Waals surface area (Å²) < 4.78 is 36.3. The number of carbonyl (C=O) groups is 2. The summed E-state index contributed by atoms with van der Waals surface area (Å²) in [6, 6.07) is 22.9. The van der Waals surface area contributed by atoms with E-state index in [1.807, 2.05) is 48.5 Å². The van der Waals surface area contributed by atoms with Crippen molar-refractivity contribution in [3.63, 3.8) is 0 Å². The van der Waals surface area contributed by atoms with Gasteiger partial charge in [0.1, 0.15) is 18.4 Å². The number of hydrogen-bond donors (Lipinski definition) is 2. The molecule has 0 saturated heterocycles. The molecule has 0 unspecified atom stereocenters. The smallest absolute Gasteiger partial charge is 0.480 e. The van der Waals surface area contributed by atoms with Gasteiger partial charge in [-0.1, -0.05) is 99.9 Å². The van der Waals surface area contributed by atoms with Gasteiger partial charge in [-0.2, -0.15) is 0 Å². The van der Waals surface area contributed by atoms with Gasteiger partial charge in [0.05, 0.1) is 13.2 Å². The van der Waals surface area contributed by atoms with Crippen molar-refractivity contribution in [1.29, 1.82) is 0 Å². The fourth-order valence-electron chi connectivity index (χ4n) is 5.05. The van der Waals surface area contributed by atoms with E-state index in [1.54, 1.807) is 24.3 Å². The molecule has 4 rings (SSSR count). The number of phosphoric acid groups is 1. The molecule has 1 amide bonds. The molecule has 12 heteroatoms. The van der Waals surface area contributed by atoms with Crippen LogP contribution in [0, 0.1) is 0 Å². The maximum Gasteiger partial charge on any atom is 0.530 e. The lowest BCUT2D eigenvalue weighted by Gasteiger charge is -2.23. The molecule has 0 spiro atoms. The molecular weight excluding hydrogens is 638 g/mol. The Balaban J connectivity index is 1.35. The minimum Gasteiger partial charge on any atom is -0.480 e. The predicted octanol–water partition coefficient (Wildman–Crippen LogP) is 8.42. The zero-order valence-corrected chi connectivity index (χ0v) is 30.5. The summed E-state index contributed by atoms with van der Waals surface area (Å²) in [5.41, 5.74) is 4.99. The lowest BCUT2D eigenvalue weighted by atomic mass is 9.98. The van der Waals surface area contributed by atoms with Gasteiger partial charge in [-0.05, 0) is 52.0 Å². The molecule has 3 aromatic carbocycles. The van der Waals surface area contributed by atoms with E-state index >= 15 is 0 Å². The highest BCUT2D eigenvalue weighted by Crippen LogP contribution is 2.50. The van der Waals surface area contributed by atoms with Gasteiger partial charge >= 0.3 is 19.9 Å². The van der Waals surface area contributed by atoms with Crippen LogP contribution < -0.4 is 9.84 Å². The largest absolute Gasteiger partial charge is 0.530 e. The summed E-state index contributed by atoms with van der Waals surface area (Å²) in [7, 11) is -6.74. The third-order valence-electron chi connectivity index (χ3n) is 7.72. The molecule has 0 heterocycles. The molecule has 0 aromatic heterocycles. The van der Waals surface area contributed by atoms with E-state index in [1.165, 1.54) is 0 Å². The second-order valence-electron chi connectivity index (χ2n) is 14.0. The minimum absolute atomic E-state index is 0.0108. The average Bonchev–Trinajstić information content (AvgIpc) is 3.29. The minimum atomic E-state index is -3.87. The SMILES string of the molecule is C[Si](C)(C)CCOP(=O)(OCC[Si](C)(C)C)Oc1ccc(C[C@H](NC(=O)OCC2c3ccccc3-c3ccccc32)C(=O)O)cc1. The summed E-state index contributed by atoms with van der Waals surface area (Å²) in [4.78, 5) is 24.8. The standard InChI is InChI=1S/C34H46NO8PSi2/c1-45(2,3)21-19-41-44(39,42-20-22-46(4,5)6)43-26-17-15-25(16-18-26)23-32(33(36)37)35-34(38)40-24-31-29-13-9-7-11-27(29)28-12-8-10-14-30(28)31/h7-18,31-32H,19-24H2,1-6H3,(H,35,38)(H,36,37)/t32-/m0/s1. The molecule has 0 aliphatic heterocycles. The summed E-state index contributed by atoms with van der Waals surface area (Å²) in [6.45, 7) is 13.9. The molecule has 2 N–H and O–H groups in total. The number of fused-ring (bicyclic) bond motifs is 3. The number of carboxylic acids is 1. The maximum atomic E-state index is 13.5. The molecule has 1 atom stereocenters. The first-order valence-corrected chi connectivity index (χ1v) is 24.5. The number of ether oxygens (including phenoxy) is 1. The lowest BCUT2D eigenvalue weighted by Crippen LogP contribution is -2.42. The normalized spacial score (nSPS) is 13.9. The lowest BCUT2D eigenvalue weighted by molar-refractivity contribution is -0.139. The van der Waals surface area contributed by atoms with E-state index in [4.69, 9.17) is 18.3 Å². The van der Waals surface area contributed by atoms with Gasteiger partial charge in [0.25, 0.3) is 0 Å². The molecule has 248 valence electrons. The monoisotopic (exact) mass is 683 g/mol. The second-order valence-corrected chi connectivity index (χ2v) is 26.9. The van der Waals surface area contributed by atoms with Crippen LogP contribution in [0.1, 0.15) is 22.6 Å². The summed E-state index contributed by atoms with van der Waals surface area (Å²) in [5, 5.41) is 12.3. The van der Waals surface area contributed by atoms with Gasteiger partial charge in [0, 0.05) is 28.5 Å². The number of phosphoric ester groups is 1. The summed E-state index contributed by atoms with van der Waals surface area (Å²) >= 11 is 0. The van der Waals surface area contributed by atoms with E-state index in [2.05, 4.69) is 44.6 Å². The highest BCUT2D eigenvalue weighted by molar-refractivity contribution is 7.48. The fraction of sp³-hybridized carbons (Fsp3) is 0.412. The van der Waals surface area contributed by atoms with Crippen molar-refractivity contribution in [2.24, 2.45) is 0 Å². The number of nitrogens with one attached hydrogen (secondary N) is 1. The van der Waals surface area contributed by atoms with Crippen molar-refractivity contribution in [2.45, 2.75) is 69.8 Å². The number of carbonyl (C=O) groups excluding carboxylic acids is 1. The van der Waals surface area contributed by atoms with Crippen LogP contribution in [-0.2, 0) is 29.6 Å². The first-order valence-electron chi connectivity index (χ1n) is 15.6. The van der Waals surface area contributed by atoms with Gasteiger partial charge in [-0.3, -0.25) is 9.05 Å². The Morgan fingerprint density at radius 2 is 1.30 bits per heavy atom. The molecule has 1 aliphatic carbocycles. The van der Waals surface area contributed by atoms with Crippen LogP contribution in [0.5, 0.6) is 5.75 Å². The summed E-state index contributed by atoms with van der Waals surface area (Å²) in [6.07, 6.45) is -0.794. The van der Waals surface area contributed by atoms with Gasteiger partial charge in [0.15, 0.2) is 0 Å². The Hall–Kier alpha value is -3.22. The highest BCUT2D eigenvalue weighted by Gasteiger charge is 2.32. The Labute approximate surface area is 274 Å². The van der Waals surface area contributed by atoms with Crippen molar-refractivity contribution in [3.8, 4) is 16.9 Å². The van der Waals surface area contributed by atoms with Crippen molar-refractivity contribution in [1.82, 2.24) is 5.32 Å². The van der Waals surface area contributed by atoms with Gasteiger partial charge in [-0.15, -0.1) is 0 Å². The molecule has 46 heavy (non-hydrogen) atoms. The highest BCUT2D eigenvalue weighted by atomic mass is 31.2. The van der Waals surface area contributed by atoms with Crippen LogP contribution in [0.2, 0.25) is 51.4 Å². The van der Waals surface area contributed by atoms with Crippen LogP contribution in [0.3, 0.4) is 0 Å². The third-order valence-corrected chi connectivity index (χ3v) is 12.6. The molecule has 1 aliphatic rings. The Morgan fingerprint density at radius 1 is 0.804 bits per heavy atom. The maximum absolute atomic E-state index is 13.5. The molecule has 0 radical (unpaired) electrons. The number of hydrogen-bond acceptors (Lipinski definition) is 7. The van der Waals surface area contributed by atoms with Crippen molar-refractivity contribution in [3.05, 3.63) is 89.5 Å². The van der Waals surface area contributed by atoms with E-state index in [0.29, 0.717) is 5.56 Å². The van der Waals surface area contributed by atoms with Crippen LogP contribution in [0.25, 0.3) is 11.1 Å². The zero-order chi connectivity index (χ0) is 33.5. The quantitative estimate of drug-likeness (QED) is 0.114. The number of rotatable bonds is 16. The first-order chi connectivity index (χ1) is 21.6. The van der Waals surface area contributed by atoms with Crippen molar-refractivity contribution >= 4 is 36.0 Å². The first kappa shape index (κ1) is 35.6. The second kappa shape index (κ2) is 15.1. The number of carboxylic acid groups (broad SMARTS) is 1. The van der Waals surface area contributed by atoms with Crippen molar-refractivity contribution < 1.29 is 37.6 Å². The number of benzene rings is 3. The zero-order valence-electron chi connectivity index (χ0n) is 27.6. The van der Waals surface area contributed by atoms with E-state index in [0.717, 1.165) is 34.3 Å². The van der Waals surface area contributed by atoms with Crippen LogP contribution in [0.15, 0.2) is 72.8 Å². The Kier molecular flexibility index (Phi) is 11.7. The Bertz CT molecular complexity index is 1480. The van der Waals surface area contributed by atoms with Gasteiger partial charge in [-0.25, -0.2) is 14.2 Å². The fourth-order valence-corrected chi connectivity index (χ4v) is 8.01. The molecule has 9 nitrogen and oxygen atoms in total. The number of alkyl carbamates (subject to hydrolysis) is 1. The topological polar surface area (TPSA) is 120 Å². The molecule has 0 bridgehead atoms. The molecular formula is C34H46NO8PSi2. The van der Waals surface area contributed by atoms with E-state index in [9.17, 15) is 19.3 Å². The van der Waals surface area contributed by atoms with Gasteiger partial charge < -0.3 is 19.7 Å².